The van der Waals surface area contributed by atoms with Crippen LogP contribution in [0.2, 0.25) is 0 Å². The van der Waals surface area contributed by atoms with Crippen molar-refractivity contribution in [2.75, 3.05) is 13.1 Å². The second-order valence-electron chi connectivity index (χ2n) is 3.95. The molecule has 0 aromatic heterocycles. The zero-order valence-corrected chi connectivity index (χ0v) is 8.84. The van der Waals surface area contributed by atoms with Crippen molar-refractivity contribution in [3.8, 4) is 0 Å². The molecular weight excluding hydrogens is 164 g/mol. The first kappa shape index (κ1) is 10.5. The van der Waals surface area contributed by atoms with E-state index < -0.39 is 0 Å². The number of nitrogens with one attached hydrogen (secondary N) is 1. The van der Waals surface area contributed by atoms with Crippen molar-refractivity contribution in [2.45, 2.75) is 45.7 Å². The van der Waals surface area contributed by atoms with E-state index in [0.29, 0.717) is 18.5 Å². The Morgan fingerprint density at radius 3 is 2.85 bits per heavy atom. The van der Waals surface area contributed by atoms with Crippen molar-refractivity contribution < 1.29 is 4.79 Å². The fourth-order valence-corrected chi connectivity index (χ4v) is 1.97. The fourth-order valence-electron chi connectivity index (χ4n) is 1.97. The van der Waals surface area contributed by atoms with Gasteiger partial charge in [0, 0.05) is 31.6 Å². The Morgan fingerprint density at radius 1 is 1.62 bits per heavy atom. The first-order chi connectivity index (χ1) is 6.15. The van der Waals surface area contributed by atoms with Crippen molar-refractivity contribution in [1.82, 2.24) is 10.2 Å². The van der Waals surface area contributed by atoms with Gasteiger partial charge in [-0.25, -0.2) is 0 Å². The third-order valence-electron chi connectivity index (χ3n) is 2.72. The van der Waals surface area contributed by atoms with Crippen LogP contribution in [0.1, 0.15) is 33.6 Å². The summed E-state index contributed by atoms with van der Waals surface area (Å²) in [5.74, 6) is 0.204. The molecule has 3 nitrogen and oxygen atoms in total. The fraction of sp³-hybridized carbons (Fsp3) is 0.900. The summed E-state index contributed by atoms with van der Waals surface area (Å²) in [6, 6.07) is 0.972. The maximum absolute atomic E-state index is 11.3. The highest BCUT2D eigenvalue weighted by atomic mass is 16.1. The van der Waals surface area contributed by atoms with Crippen molar-refractivity contribution in [3.05, 3.63) is 0 Å². The summed E-state index contributed by atoms with van der Waals surface area (Å²) in [4.78, 5) is 13.7. The third kappa shape index (κ3) is 2.69. The zero-order valence-electron chi connectivity index (χ0n) is 8.84. The lowest BCUT2D eigenvalue weighted by Crippen LogP contribution is -2.41. The van der Waals surface area contributed by atoms with Crippen LogP contribution in [0, 0.1) is 0 Å². The molecule has 0 aliphatic carbocycles. The van der Waals surface area contributed by atoms with E-state index in [1.54, 1.807) is 0 Å². The van der Waals surface area contributed by atoms with Crippen LogP contribution < -0.4 is 5.32 Å². The standard InChI is InChI=1S/C10H20N2O/c1-4-9-7-10(13)11-5-6-12(9)8(2)3/h8-9H,4-7H2,1-3H3,(H,11,13). The van der Waals surface area contributed by atoms with Crippen LogP contribution >= 0.6 is 0 Å². The van der Waals surface area contributed by atoms with Gasteiger partial charge in [-0.3, -0.25) is 9.69 Å². The zero-order chi connectivity index (χ0) is 9.84. The Labute approximate surface area is 80.5 Å². The minimum absolute atomic E-state index is 0.204. The van der Waals surface area contributed by atoms with Gasteiger partial charge in [0.25, 0.3) is 0 Å². The summed E-state index contributed by atoms with van der Waals surface area (Å²) >= 11 is 0. The summed E-state index contributed by atoms with van der Waals surface area (Å²) < 4.78 is 0. The monoisotopic (exact) mass is 184 g/mol. The first-order valence-corrected chi connectivity index (χ1v) is 5.17. The SMILES string of the molecule is CCC1CC(=O)NCCN1C(C)C. The smallest absolute Gasteiger partial charge is 0.221 e. The van der Waals surface area contributed by atoms with E-state index in [-0.39, 0.29) is 5.91 Å². The Morgan fingerprint density at radius 2 is 2.31 bits per heavy atom. The van der Waals surface area contributed by atoms with Crippen molar-refractivity contribution in [1.29, 1.82) is 0 Å². The number of amides is 1. The van der Waals surface area contributed by atoms with Gasteiger partial charge in [-0.05, 0) is 20.3 Å². The van der Waals surface area contributed by atoms with Crippen molar-refractivity contribution >= 4 is 5.91 Å². The van der Waals surface area contributed by atoms with Gasteiger partial charge in [-0.1, -0.05) is 6.92 Å². The molecule has 1 rings (SSSR count). The summed E-state index contributed by atoms with van der Waals surface area (Å²) in [5, 5.41) is 2.91. The van der Waals surface area contributed by atoms with E-state index in [1.165, 1.54) is 0 Å². The number of hydrogen-bond donors (Lipinski definition) is 1. The number of carbonyl (C=O) groups excluding carboxylic acids is 1. The molecule has 76 valence electrons. The Kier molecular flexibility index (Phi) is 3.72. The average molecular weight is 184 g/mol. The molecule has 0 spiro atoms. The van der Waals surface area contributed by atoms with E-state index in [0.717, 1.165) is 19.5 Å². The highest BCUT2D eigenvalue weighted by Gasteiger charge is 2.24. The van der Waals surface area contributed by atoms with Gasteiger partial charge in [-0.2, -0.15) is 0 Å². The van der Waals surface area contributed by atoms with Crippen LogP contribution in [0.15, 0.2) is 0 Å². The molecule has 0 aromatic rings. The molecule has 1 aliphatic rings. The molecule has 1 atom stereocenters. The van der Waals surface area contributed by atoms with E-state index in [2.05, 4.69) is 31.0 Å². The molecule has 1 N–H and O–H groups in total. The number of nitrogens with zero attached hydrogens (tertiary/aromatic N) is 1. The predicted molar refractivity (Wildman–Crippen MR) is 53.5 cm³/mol. The molecule has 13 heavy (non-hydrogen) atoms. The Hall–Kier alpha value is -0.570. The average Bonchev–Trinajstić information content (AvgIpc) is 2.26. The third-order valence-corrected chi connectivity index (χ3v) is 2.72. The van der Waals surface area contributed by atoms with Gasteiger partial charge in [0.15, 0.2) is 0 Å². The maximum atomic E-state index is 11.3. The van der Waals surface area contributed by atoms with E-state index in [1.807, 2.05) is 0 Å². The van der Waals surface area contributed by atoms with Crippen LogP contribution in [-0.2, 0) is 4.79 Å². The summed E-state index contributed by atoms with van der Waals surface area (Å²) in [6.07, 6.45) is 1.72. The molecule has 1 amide bonds. The molecule has 1 heterocycles. The highest BCUT2D eigenvalue weighted by molar-refractivity contribution is 5.76. The summed E-state index contributed by atoms with van der Waals surface area (Å²) in [7, 11) is 0. The van der Waals surface area contributed by atoms with E-state index in [4.69, 9.17) is 0 Å². The van der Waals surface area contributed by atoms with Crippen molar-refractivity contribution in [3.63, 3.8) is 0 Å². The van der Waals surface area contributed by atoms with Gasteiger partial charge in [0.05, 0.1) is 0 Å². The van der Waals surface area contributed by atoms with Gasteiger partial charge in [0.2, 0.25) is 5.91 Å². The topological polar surface area (TPSA) is 32.3 Å². The van der Waals surface area contributed by atoms with Gasteiger partial charge >= 0.3 is 0 Å². The minimum Gasteiger partial charge on any atom is -0.355 e. The largest absolute Gasteiger partial charge is 0.355 e. The molecule has 3 heteroatoms. The number of hydrogen-bond acceptors (Lipinski definition) is 2. The van der Waals surface area contributed by atoms with E-state index in [9.17, 15) is 4.79 Å². The summed E-state index contributed by atoms with van der Waals surface area (Å²) in [5.41, 5.74) is 0. The Balaban J connectivity index is 2.64. The molecule has 0 radical (unpaired) electrons. The van der Waals surface area contributed by atoms with Crippen molar-refractivity contribution in [2.24, 2.45) is 0 Å². The van der Waals surface area contributed by atoms with Crippen LogP contribution in [-0.4, -0.2) is 36.0 Å². The molecule has 1 unspecified atom stereocenters. The minimum atomic E-state index is 0.204. The molecule has 1 saturated heterocycles. The maximum Gasteiger partial charge on any atom is 0.221 e. The van der Waals surface area contributed by atoms with E-state index >= 15 is 0 Å². The molecule has 0 saturated carbocycles. The van der Waals surface area contributed by atoms with Gasteiger partial charge in [0.1, 0.15) is 0 Å². The lowest BCUT2D eigenvalue weighted by atomic mass is 10.1. The highest BCUT2D eigenvalue weighted by Crippen LogP contribution is 2.14. The molecule has 1 fully saturated rings. The quantitative estimate of drug-likeness (QED) is 0.694. The van der Waals surface area contributed by atoms with Gasteiger partial charge in [-0.15, -0.1) is 0 Å². The van der Waals surface area contributed by atoms with Crippen LogP contribution in [0.4, 0.5) is 0 Å². The number of carbonyl (C=O) groups is 1. The molecule has 1 aliphatic heterocycles. The van der Waals surface area contributed by atoms with Crippen LogP contribution in [0.25, 0.3) is 0 Å². The Bertz CT molecular complexity index is 180. The second kappa shape index (κ2) is 4.61. The van der Waals surface area contributed by atoms with Crippen LogP contribution in [0.5, 0.6) is 0 Å². The van der Waals surface area contributed by atoms with Gasteiger partial charge < -0.3 is 5.32 Å². The summed E-state index contributed by atoms with van der Waals surface area (Å²) in [6.45, 7) is 8.32. The van der Waals surface area contributed by atoms with Crippen LogP contribution in [0.3, 0.4) is 0 Å². The second-order valence-corrected chi connectivity index (χ2v) is 3.95. The molecule has 0 aromatic carbocycles. The predicted octanol–water partition coefficient (Wildman–Crippen LogP) is 0.995. The molecular formula is C10H20N2O. The molecule has 0 bridgehead atoms. The first-order valence-electron chi connectivity index (χ1n) is 5.17. The lowest BCUT2D eigenvalue weighted by Gasteiger charge is -2.31. The normalized spacial score (nSPS) is 25.8. The number of rotatable bonds is 2. The lowest BCUT2D eigenvalue weighted by molar-refractivity contribution is -0.121.